The number of benzene rings is 2. The third-order valence-electron chi connectivity index (χ3n) is 11.6. The fraction of sp³-hybridized carbons (Fsp3) is 0.521. The van der Waals surface area contributed by atoms with Gasteiger partial charge < -0.3 is 76.9 Å². The van der Waals surface area contributed by atoms with Crippen molar-refractivity contribution in [3.8, 4) is 0 Å². The average Bonchev–Trinajstić information content (AvgIpc) is 3.83. The number of hydrogen-bond donors (Lipinski definition) is 13. The molecular formula is C48H74N16O9. The van der Waals surface area contributed by atoms with E-state index in [1.54, 1.807) is 54.6 Å². The Kier molecular flexibility index (Phi) is 24.6. The number of amides is 9. The van der Waals surface area contributed by atoms with Gasteiger partial charge in [0.1, 0.15) is 42.3 Å². The van der Waals surface area contributed by atoms with Crippen LogP contribution in [0.3, 0.4) is 0 Å². The zero-order chi connectivity index (χ0) is 54.2. The highest BCUT2D eigenvalue weighted by Crippen LogP contribution is 2.21. The van der Waals surface area contributed by atoms with Crippen LogP contribution in [-0.2, 0) is 56.0 Å². The second-order valence-corrected chi connectivity index (χ2v) is 18.3. The molecule has 25 nitrogen and oxygen atoms in total. The van der Waals surface area contributed by atoms with Gasteiger partial charge in [-0.3, -0.25) is 53.1 Å². The number of carbonyl (C=O) groups is 9. The molecule has 1 heterocycles. The van der Waals surface area contributed by atoms with E-state index >= 15 is 0 Å². The zero-order valence-corrected chi connectivity index (χ0v) is 41.7. The summed E-state index contributed by atoms with van der Waals surface area (Å²) in [6.45, 7) is 5.39. The first-order valence-corrected chi connectivity index (χ1v) is 24.2. The molecule has 400 valence electrons. The normalized spacial score (nSPS) is 15.9. The molecule has 25 heteroatoms. The van der Waals surface area contributed by atoms with Crippen molar-refractivity contribution in [2.45, 2.75) is 133 Å². The number of guanidine groups is 2. The summed E-state index contributed by atoms with van der Waals surface area (Å²) in [5.41, 5.74) is 39.9. The number of nitrogens with two attached hydrogens (primary N) is 7. The highest BCUT2D eigenvalue weighted by atomic mass is 16.2. The topological polar surface area (TPSA) is 436 Å². The maximum absolute atomic E-state index is 14.7. The molecular weight excluding hydrogens is 945 g/mol. The average molecular weight is 1020 g/mol. The molecule has 1 saturated heterocycles. The third kappa shape index (κ3) is 21.2. The van der Waals surface area contributed by atoms with Crippen LogP contribution in [0.25, 0.3) is 0 Å². The van der Waals surface area contributed by atoms with Crippen molar-refractivity contribution >= 4 is 65.1 Å². The number of carbonyl (C=O) groups excluding carboxylic acids is 9. The number of nitrogens with one attached hydrogen (secondary N) is 6. The molecule has 1 aliphatic heterocycles. The van der Waals surface area contributed by atoms with Crippen molar-refractivity contribution in [1.82, 2.24) is 36.8 Å². The maximum Gasteiger partial charge on any atom is 0.245 e. The second kappa shape index (κ2) is 30.1. The van der Waals surface area contributed by atoms with Gasteiger partial charge in [-0.1, -0.05) is 74.5 Å². The Hall–Kier alpha value is -7.83. The van der Waals surface area contributed by atoms with E-state index in [0.29, 0.717) is 12.0 Å². The summed E-state index contributed by atoms with van der Waals surface area (Å²) in [6, 6.07) is 7.95. The predicted octanol–water partition coefficient (Wildman–Crippen LogP) is -3.77. The minimum Gasteiger partial charge on any atom is -0.370 e. The van der Waals surface area contributed by atoms with Crippen molar-refractivity contribution in [3.05, 3.63) is 71.8 Å². The Morgan fingerprint density at radius 2 is 1.01 bits per heavy atom. The van der Waals surface area contributed by atoms with Gasteiger partial charge in [0.05, 0.1) is 12.5 Å². The monoisotopic (exact) mass is 1020 g/mol. The molecule has 0 bridgehead atoms. The first-order valence-electron chi connectivity index (χ1n) is 24.2. The SMILES string of the molecule is CC(C)C[C@H](NC(=O)[C@H](Cc1ccccc1)NC(=O)[C@H](C)N)C(=O)N[C@@H](Cc1ccccc1)C(=O)N[C@@H](CCCN=C(N)N)C(=O)N1CCC[C@H]1C(=O)N[C@@H](CCCN=C(N)N)C(=O)N[C@@H](CC(N)=O)C(N)=O. The van der Waals surface area contributed by atoms with Gasteiger partial charge in [-0.25, -0.2) is 0 Å². The van der Waals surface area contributed by atoms with Crippen LogP contribution in [0.2, 0.25) is 0 Å². The van der Waals surface area contributed by atoms with Gasteiger partial charge in [-0.05, 0) is 68.9 Å². The molecule has 8 atom stereocenters. The lowest BCUT2D eigenvalue weighted by Crippen LogP contribution is -2.60. The van der Waals surface area contributed by atoms with E-state index in [2.05, 4.69) is 41.9 Å². The molecule has 1 fully saturated rings. The highest BCUT2D eigenvalue weighted by molar-refractivity contribution is 5.98. The molecule has 0 spiro atoms. The lowest BCUT2D eigenvalue weighted by molar-refractivity contribution is -0.142. The van der Waals surface area contributed by atoms with Gasteiger partial charge in [0, 0.05) is 32.5 Å². The summed E-state index contributed by atoms with van der Waals surface area (Å²) >= 11 is 0. The molecule has 2 aromatic rings. The quantitative estimate of drug-likeness (QED) is 0.0203. The summed E-state index contributed by atoms with van der Waals surface area (Å²) < 4.78 is 0. The largest absolute Gasteiger partial charge is 0.370 e. The number of nitrogens with zero attached hydrogens (tertiary/aromatic N) is 3. The van der Waals surface area contributed by atoms with Crippen molar-refractivity contribution in [1.29, 1.82) is 0 Å². The molecule has 1 aliphatic rings. The van der Waals surface area contributed by atoms with Gasteiger partial charge in [0.25, 0.3) is 0 Å². The van der Waals surface area contributed by atoms with Gasteiger partial charge in [0.15, 0.2) is 11.9 Å². The van der Waals surface area contributed by atoms with Gasteiger partial charge in [-0.15, -0.1) is 0 Å². The van der Waals surface area contributed by atoms with Crippen LogP contribution in [0.15, 0.2) is 70.6 Å². The lowest BCUT2D eigenvalue weighted by atomic mass is 9.99. The third-order valence-corrected chi connectivity index (χ3v) is 11.6. The predicted molar refractivity (Wildman–Crippen MR) is 273 cm³/mol. The summed E-state index contributed by atoms with van der Waals surface area (Å²) in [5, 5.41) is 16.1. The summed E-state index contributed by atoms with van der Waals surface area (Å²) in [6.07, 6.45) is 0.392. The maximum atomic E-state index is 14.7. The lowest BCUT2D eigenvalue weighted by Gasteiger charge is -2.31. The van der Waals surface area contributed by atoms with E-state index in [4.69, 9.17) is 40.1 Å². The van der Waals surface area contributed by atoms with Crippen LogP contribution in [0.1, 0.15) is 83.3 Å². The minimum absolute atomic E-state index is 0.0235. The number of rotatable bonds is 30. The summed E-state index contributed by atoms with van der Waals surface area (Å²) in [5.74, 6) is -7.48. The van der Waals surface area contributed by atoms with E-state index in [1.807, 2.05) is 19.9 Å². The molecule has 3 rings (SSSR count). The van der Waals surface area contributed by atoms with Crippen molar-refractivity contribution in [3.63, 3.8) is 0 Å². The Morgan fingerprint density at radius 3 is 1.48 bits per heavy atom. The smallest absolute Gasteiger partial charge is 0.245 e. The van der Waals surface area contributed by atoms with Crippen LogP contribution in [0.5, 0.6) is 0 Å². The summed E-state index contributed by atoms with van der Waals surface area (Å²) in [7, 11) is 0. The molecule has 2 aromatic carbocycles. The number of primary amides is 2. The first kappa shape index (κ1) is 59.5. The molecule has 73 heavy (non-hydrogen) atoms. The molecule has 0 saturated carbocycles. The Labute approximate surface area is 424 Å². The van der Waals surface area contributed by atoms with E-state index in [9.17, 15) is 43.2 Å². The van der Waals surface area contributed by atoms with Gasteiger partial charge in [-0.2, -0.15) is 0 Å². The zero-order valence-electron chi connectivity index (χ0n) is 41.7. The van der Waals surface area contributed by atoms with E-state index in [-0.39, 0.29) is 88.8 Å². The highest BCUT2D eigenvalue weighted by Gasteiger charge is 2.40. The Morgan fingerprint density at radius 1 is 0.575 bits per heavy atom. The van der Waals surface area contributed by atoms with Crippen LogP contribution < -0.4 is 72.0 Å². The van der Waals surface area contributed by atoms with Crippen LogP contribution >= 0.6 is 0 Å². The molecule has 20 N–H and O–H groups in total. The van der Waals surface area contributed by atoms with E-state index < -0.39 is 108 Å². The number of aliphatic imine (C=N–C) groups is 2. The number of hydrogen-bond acceptors (Lipinski definition) is 12. The number of likely N-dealkylation sites (tertiary alicyclic amines) is 1. The van der Waals surface area contributed by atoms with E-state index in [0.717, 1.165) is 5.56 Å². The fourth-order valence-corrected chi connectivity index (χ4v) is 7.94. The van der Waals surface area contributed by atoms with Crippen LogP contribution in [0, 0.1) is 5.92 Å². The molecule has 0 radical (unpaired) electrons. The molecule has 0 aliphatic carbocycles. The van der Waals surface area contributed by atoms with E-state index in [1.165, 1.54) is 11.8 Å². The Balaban J connectivity index is 1.95. The van der Waals surface area contributed by atoms with Crippen molar-refractivity contribution < 1.29 is 43.2 Å². The Bertz CT molecular complexity index is 2260. The minimum atomic E-state index is -1.48. The van der Waals surface area contributed by atoms with Crippen LogP contribution in [0.4, 0.5) is 0 Å². The molecule has 9 amide bonds. The van der Waals surface area contributed by atoms with Gasteiger partial charge >= 0.3 is 0 Å². The van der Waals surface area contributed by atoms with Crippen molar-refractivity contribution in [2.24, 2.45) is 56.0 Å². The van der Waals surface area contributed by atoms with Gasteiger partial charge in [0.2, 0.25) is 53.2 Å². The molecule has 0 aromatic heterocycles. The first-order chi connectivity index (χ1) is 34.6. The second-order valence-electron chi connectivity index (χ2n) is 18.3. The molecule has 0 unspecified atom stereocenters. The van der Waals surface area contributed by atoms with Crippen molar-refractivity contribution in [2.75, 3.05) is 19.6 Å². The van der Waals surface area contributed by atoms with Crippen LogP contribution in [-0.4, -0.2) is 138 Å². The fourth-order valence-electron chi connectivity index (χ4n) is 7.94. The standard InChI is InChI=1S/C48H74N16O9/c1-27(2)23-34(62-44(71)35(61-40(67)28(3)49)24-29-13-6-4-7-14-29)42(69)63-36(25-30-15-8-5-9-16-30)43(70)59-32(18-11-21-57-48(54)55)46(73)64-22-12-19-37(64)45(72)58-31(17-10-20-56-47(52)53)41(68)60-33(39(51)66)26-38(50)65/h4-9,13-16,27-28,31-37H,10-12,17-26,49H2,1-3H3,(H2,50,65)(H2,51,66)(H,58,72)(H,59,70)(H,60,68)(H,61,67)(H,62,71)(H,63,69)(H4,52,53,56)(H4,54,55,57)/t28-,31-,32-,33-,34-,35-,36-,37-/m0/s1. The summed E-state index contributed by atoms with van der Waals surface area (Å²) in [4.78, 5) is 131.